The zero-order chi connectivity index (χ0) is 10.4. The summed E-state index contributed by atoms with van der Waals surface area (Å²) in [5.41, 5.74) is 0.958. The van der Waals surface area contributed by atoms with Crippen molar-refractivity contribution in [3.63, 3.8) is 0 Å². The van der Waals surface area contributed by atoms with Crippen LogP contribution in [0.3, 0.4) is 0 Å². The predicted octanol–water partition coefficient (Wildman–Crippen LogP) is 1.53. The first kappa shape index (κ1) is 11.2. The van der Waals surface area contributed by atoms with E-state index in [2.05, 4.69) is 17.2 Å². The van der Waals surface area contributed by atoms with Gasteiger partial charge in [-0.05, 0) is 20.4 Å². The molecule has 80 valence electrons. The summed E-state index contributed by atoms with van der Waals surface area (Å²) >= 11 is 0. The predicted molar refractivity (Wildman–Crippen MR) is 54.2 cm³/mol. The molecule has 0 aromatic carbocycles. The zero-order valence-corrected chi connectivity index (χ0v) is 9.04. The third-order valence-electron chi connectivity index (χ3n) is 2.19. The van der Waals surface area contributed by atoms with Gasteiger partial charge in [0.25, 0.3) is 0 Å². The Morgan fingerprint density at radius 2 is 2.43 bits per heavy atom. The molecule has 0 aliphatic carbocycles. The molecule has 0 amide bonds. The van der Waals surface area contributed by atoms with Crippen LogP contribution in [0.15, 0.2) is 10.7 Å². The van der Waals surface area contributed by atoms with Gasteiger partial charge in [-0.2, -0.15) is 0 Å². The van der Waals surface area contributed by atoms with Crippen molar-refractivity contribution in [2.24, 2.45) is 0 Å². The van der Waals surface area contributed by atoms with Gasteiger partial charge in [-0.15, -0.1) is 0 Å². The molecule has 0 aliphatic rings. The van der Waals surface area contributed by atoms with E-state index in [1.165, 1.54) is 0 Å². The quantitative estimate of drug-likeness (QED) is 0.704. The summed E-state index contributed by atoms with van der Waals surface area (Å²) < 4.78 is 10.3. The molecule has 1 aromatic heterocycles. The number of aromatic nitrogens is 1. The van der Waals surface area contributed by atoms with Crippen molar-refractivity contribution in [3.05, 3.63) is 17.8 Å². The highest BCUT2D eigenvalue weighted by molar-refractivity contribution is 5.01. The average molecular weight is 198 g/mol. The Labute approximate surface area is 84.7 Å². The second-order valence-electron chi connectivity index (χ2n) is 3.27. The van der Waals surface area contributed by atoms with E-state index in [1.807, 2.05) is 7.05 Å². The molecule has 1 unspecified atom stereocenters. The monoisotopic (exact) mass is 198 g/mol. The standard InChI is InChI=1S/C10H18N2O2/c1-8(11-2)9-7-14-10(12-9)5-4-6-13-3/h7-8,11H,4-6H2,1-3H3. The molecule has 4 nitrogen and oxygen atoms in total. The number of methoxy groups -OCH3 is 1. The molecule has 1 atom stereocenters. The Hall–Kier alpha value is -0.870. The van der Waals surface area contributed by atoms with Crippen LogP contribution < -0.4 is 5.32 Å². The number of ether oxygens (including phenoxy) is 1. The average Bonchev–Trinajstić information content (AvgIpc) is 2.66. The lowest BCUT2D eigenvalue weighted by Crippen LogP contribution is -2.12. The first-order valence-corrected chi connectivity index (χ1v) is 4.88. The molecule has 0 saturated heterocycles. The van der Waals surface area contributed by atoms with Crippen LogP contribution in [0.1, 0.15) is 31.0 Å². The molecule has 1 rings (SSSR count). The number of nitrogens with zero attached hydrogens (tertiary/aromatic N) is 1. The fourth-order valence-electron chi connectivity index (χ4n) is 1.15. The highest BCUT2D eigenvalue weighted by Gasteiger charge is 2.08. The summed E-state index contributed by atoms with van der Waals surface area (Å²) in [6, 6.07) is 0.245. The van der Waals surface area contributed by atoms with Crippen LogP contribution in [0, 0.1) is 0 Å². The fraction of sp³-hybridized carbons (Fsp3) is 0.700. The second kappa shape index (κ2) is 5.78. The van der Waals surface area contributed by atoms with E-state index in [1.54, 1.807) is 13.4 Å². The topological polar surface area (TPSA) is 47.3 Å². The lowest BCUT2D eigenvalue weighted by Gasteiger charge is -2.03. The van der Waals surface area contributed by atoms with E-state index in [0.717, 1.165) is 31.0 Å². The van der Waals surface area contributed by atoms with Gasteiger partial charge < -0.3 is 14.5 Å². The molecule has 0 fully saturated rings. The Morgan fingerprint density at radius 1 is 1.64 bits per heavy atom. The van der Waals surface area contributed by atoms with Gasteiger partial charge in [0, 0.05) is 26.2 Å². The molecule has 0 bridgehead atoms. The van der Waals surface area contributed by atoms with Gasteiger partial charge in [0.1, 0.15) is 6.26 Å². The molecule has 14 heavy (non-hydrogen) atoms. The first-order chi connectivity index (χ1) is 6.77. The van der Waals surface area contributed by atoms with E-state index in [0.29, 0.717) is 0 Å². The number of hydrogen-bond acceptors (Lipinski definition) is 4. The number of rotatable bonds is 6. The number of nitrogens with one attached hydrogen (secondary N) is 1. The van der Waals surface area contributed by atoms with Gasteiger partial charge in [-0.25, -0.2) is 4.98 Å². The van der Waals surface area contributed by atoms with E-state index in [-0.39, 0.29) is 6.04 Å². The van der Waals surface area contributed by atoms with Crippen LogP contribution in [0.5, 0.6) is 0 Å². The maximum atomic E-state index is 5.33. The highest BCUT2D eigenvalue weighted by Crippen LogP contribution is 2.12. The summed E-state index contributed by atoms with van der Waals surface area (Å²) in [5, 5.41) is 3.11. The molecule has 1 aromatic rings. The van der Waals surface area contributed by atoms with Crippen LogP contribution in [-0.4, -0.2) is 25.7 Å². The van der Waals surface area contributed by atoms with Gasteiger partial charge in [0.2, 0.25) is 0 Å². The van der Waals surface area contributed by atoms with Crippen molar-refractivity contribution < 1.29 is 9.15 Å². The van der Waals surface area contributed by atoms with Crippen LogP contribution in [0.4, 0.5) is 0 Å². The minimum Gasteiger partial charge on any atom is -0.449 e. The SMILES string of the molecule is CNC(C)c1coc(CCCOC)n1. The van der Waals surface area contributed by atoms with Crippen molar-refractivity contribution >= 4 is 0 Å². The number of oxazole rings is 1. The number of aryl methyl sites for hydroxylation is 1. The Kier molecular flexibility index (Phi) is 4.62. The Morgan fingerprint density at radius 3 is 3.07 bits per heavy atom. The second-order valence-corrected chi connectivity index (χ2v) is 3.27. The van der Waals surface area contributed by atoms with Crippen molar-refractivity contribution in [2.45, 2.75) is 25.8 Å². The minimum atomic E-state index is 0.245. The molecule has 4 heteroatoms. The van der Waals surface area contributed by atoms with Crippen molar-refractivity contribution in [3.8, 4) is 0 Å². The molecule has 0 radical (unpaired) electrons. The van der Waals surface area contributed by atoms with Gasteiger partial charge in [0.15, 0.2) is 5.89 Å². The van der Waals surface area contributed by atoms with Crippen LogP contribution in [-0.2, 0) is 11.2 Å². The fourth-order valence-corrected chi connectivity index (χ4v) is 1.15. The summed E-state index contributed by atoms with van der Waals surface area (Å²) in [6.07, 6.45) is 3.50. The first-order valence-electron chi connectivity index (χ1n) is 4.88. The lowest BCUT2D eigenvalue weighted by molar-refractivity contribution is 0.193. The maximum absolute atomic E-state index is 5.33. The third-order valence-corrected chi connectivity index (χ3v) is 2.19. The summed E-state index contributed by atoms with van der Waals surface area (Å²) in [4.78, 5) is 4.37. The molecule has 1 N–H and O–H groups in total. The molecular weight excluding hydrogens is 180 g/mol. The molecule has 1 heterocycles. The highest BCUT2D eigenvalue weighted by atomic mass is 16.5. The van der Waals surface area contributed by atoms with Crippen LogP contribution in [0.2, 0.25) is 0 Å². The zero-order valence-electron chi connectivity index (χ0n) is 9.04. The van der Waals surface area contributed by atoms with Crippen LogP contribution in [0.25, 0.3) is 0 Å². The van der Waals surface area contributed by atoms with Crippen molar-refractivity contribution in [1.82, 2.24) is 10.3 Å². The smallest absolute Gasteiger partial charge is 0.194 e. The Bertz CT molecular complexity index is 260. The normalized spacial score (nSPS) is 13.1. The van der Waals surface area contributed by atoms with Crippen LogP contribution >= 0.6 is 0 Å². The Balaban J connectivity index is 2.42. The lowest BCUT2D eigenvalue weighted by atomic mass is 10.2. The van der Waals surface area contributed by atoms with E-state index in [4.69, 9.17) is 9.15 Å². The van der Waals surface area contributed by atoms with Crippen molar-refractivity contribution in [1.29, 1.82) is 0 Å². The summed E-state index contributed by atoms with van der Waals surface area (Å²) in [5.74, 6) is 0.791. The van der Waals surface area contributed by atoms with Gasteiger partial charge in [-0.1, -0.05) is 0 Å². The molecule has 0 spiro atoms. The third kappa shape index (κ3) is 3.12. The van der Waals surface area contributed by atoms with Gasteiger partial charge in [-0.3, -0.25) is 0 Å². The van der Waals surface area contributed by atoms with Gasteiger partial charge in [0.05, 0.1) is 5.69 Å². The summed E-state index contributed by atoms with van der Waals surface area (Å²) in [6.45, 7) is 2.80. The number of hydrogen-bond donors (Lipinski definition) is 1. The minimum absolute atomic E-state index is 0.245. The van der Waals surface area contributed by atoms with Crippen molar-refractivity contribution in [2.75, 3.05) is 20.8 Å². The van der Waals surface area contributed by atoms with E-state index >= 15 is 0 Å². The maximum Gasteiger partial charge on any atom is 0.194 e. The van der Waals surface area contributed by atoms with Gasteiger partial charge >= 0.3 is 0 Å². The molecule has 0 aliphatic heterocycles. The summed E-state index contributed by atoms with van der Waals surface area (Å²) in [7, 11) is 3.61. The van der Waals surface area contributed by atoms with E-state index < -0.39 is 0 Å². The van der Waals surface area contributed by atoms with E-state index in [9.17, 15) is 0 Å². The molecule has 0 saturated carbocycles. The largest absolute Gasteiger partial charge is 0.449 e. The molecular formula is C10H18N2O2.